The number of H-pyrrole nitrogens is 1. The van der Waals surface area contributed by atoms with E-state index < -0.39 is 11.5 Å². The minimum atomic E-state index is -0.739. The Morgan fingerprint density at radius 1 is 1.47 bits per heavy atom. The molecule has 2 aromatic rings. The Balaban J connectivity index is 2.30. The van der Waals surface area contributed by atoms with Crippen LogP contribution in [0.4, 0.5) is 5.69 Å². The fourth-order valence-electron chi connectivity index (χ4n) is 1.33. The number of aromatic nitrogens is 2. The lowest BCUT2D eigenvalue weighted by molar-refractivity contribution is -0.741. The van der Waals surface area contributed by atoms with Gasteiger partial charge < -0.3 is 5.32 Å². The molecule has 6 nitrogen and oxygen atoms in total. The maximum atomic E-state index is 11.8. The lowest BCUT2D eigenvalue weighted by Crippen LogP contribution is -2.41. The Hall–Kier alpha value is -2.08. The molecule has 0 saturated heterocycles. The van der Waals surface area contributed by atoms with E-state index in [1.165, 1.54) is 11.7 Å². The summed E-state index contributed by atoms with van der Waals surface area (Å²) < 4.78 is 5.66. The zero-order valence-corrected chi connectivity index (χ0v) is 9.62. The molecule has 1 amide bonds. The highest BCUT2D eigenvalue weighted by Gasteiger charge is 2.26. The Morgan fingerprint density at radius 2 is 2.18 bits per heavy atom. The van der Waals surface area contributed by atoms with E-state index in [0.717, 1.165) is 0 Å². The molecule has 0 saturated carbocycles. The predicted octanol–water partition coefficient (Wildman–Crippen LogP) is 0.698. The SMILES string of the molecule is C[n+]1[nH]oc(=O)c1C(=O)Nc1ccccc1Cl. The first-order valence-corrected chi connectivity index (χ1v) is 5.11. The maximum absolute atomic E-state index is 11.8. The van der Waals surface area contributed by atoms with Gasteiger partial charge in [0.25, 0.3) is 0 Å². The van der Waals surface area contributed by atoms with Gasteiger partial charge in [-0.15, -0.1) is 0 Å². The molecule has 0 aliphatic carbocycles. The van der Waals surface area contributed by atoms with Crippen LogP contribution in [-0.4, -0.2) is 11.2 Å². The first-order chi connectivity index (χ1) is 8.09. The van der Waals surface area contributed by atoms with Crippen LogP contribution in [0.2, 0.25) is 5.02 Å². The van der Waals surface area contributed by atoms with Gasteiger partial charge in [0.2, 0.25) is 0 Å². The zero-order chi connectivity index (χ0) is 12.4. The van der Waals surface area contributed by atoms with Crippen molar-refractivity contribution in [3.05, 3.63) is 45.4 Å². The third-order valence-corrected chi connectivity index (χ3v) is 2.47. The number of carbonyl (C=O) groups excluding carboxylic acids is 1. The maximum Gasteiger partial charge on any atom is 0.440 e. The van der Waals surface area contributed by atoms with Crippen LogP contribution in [0.1, 0.15) is 10.5 Å². The van der Waals surface area contributed by atoms with Crippen LogP contribution in [0, 0.1) is 0 Å². The fraction of sp³-hybridized carbons (Fsp3) is 0.100. The molecule has 17 heavy (non-hydrogen) atoms. The third-order valence-electron chi connectivity index (χ3n) is 2.14. The number of benzene rings is 1. The van der Waals surface area contributed by atoms with Crippen LogP contribution in [-0.2, 0) is 7.05 Å². The summed E-state index contributed by atoms with van der Waals surface area (Å²) in [5, 5.41) is 5.17. The van der Waals surface area contributed by atoms with E-state index >= 15 is 0 Å². The van der Waals surface area contributed by atoms with E-state index in [-0.39, 0.29) is 5.69 Å². The van der Waals surface area contributed by atoms with E-state index in [4.69, 9.17) is 11.6 Å². The summed E-state index contributed by atoms with van der Waals surface area (Å²) in [5.74, 6) is -0.587. The molecule has 0 unspecified atom stereocenters. The Morgan fingerprint density at radius 3 is 2.76 bits per heavy atom. The van der Waals surface area contributed by atoms with Crippen LogP contribution < -0.4 is 15.6 Å². The standard InChI is InChI=1S/C10H8ClN3O3/c1-14-8(10(16)17-13-14)9(15)12-7-5-3-2-4-6(7)11/h2-5H,1H3,(H-,12,13,15,16)/p+1. The van der Waals surface area contributed by atoms with Crippen molar-refractivity contribution in [2.45, 2.75) is 0 Å². The van der Waals surface area contributed by atoms with Crippen LogP contribution in [0.25, 0.3) is 0 Å². The average Bonchev–Trinajstić information content (AvgIpc) is 2.62. The van der Waals surface area contributed by atoms with E-state index in [1.807, 2.05) is 0 Å². The Labute approximate surface area is 101 Å². The number of carbonyl (C=O) groups is 1. The van der Waals surface area contributed by atoms with Gasteiger partial charge >= 0.3 is 17.2 Å². The first kappa shape index (κ1) is 11.4. The summed E-state index contributed by atoms with van der Waals surface area (Å²) in [5.41, 5.74) is -0.443. The second-order valence-corrected chi connectivity index (χ2v) is 3.73. The first-order valence-electron chi connectivity index (χ1n) is 4.73. The van der Waals surface area contributed by atoms with Gasteiger partial charge in [-0.25, -0.2) is 4.79 Å². The molecule has 1 aromatic heterocycles. The quantitative estimate of drug-likeness (QED) is 0.775. The number of aryl methyl sites for hydroxylation is 1. The number of amides is 1. The van der Waals surface area contributed by atoms with Crippen molar-refractivity contribution in [2.24, 2.45) is 7.05 Å². The minimum Gasteiger partial charge on any atom is -0.315 e. The lowest BCUT2D eigenvalue weighted by Gasteiger charge is -2.02. The normalized spacial score (nSPS) is 10.2. The molecule has 0 spiro atoms. The molecular weight excluding hydrogens is 246 g/mol. The van der Waals surface area contributed by atoms with Crippen molar-refractivity contribution in [3.8, 4) is 0 Å². The number of halogens is 1. The van der Waals surface area contributed by atoms with Crippen LogP contribution in [0.3, 0.4) is 0 Å². The highest BCUT2D eigenvalue weighted by atomic mass is 35.5. The number of para-hydroxylation sites is 1. The topological polar surface area (TPSA) is 79.0 Å². The van der Waals surface area contributed by atoms with E-state index in [2.05, 4.69) is 15.1 Å². The average molecular weight is 255 g/mol. The minimum absolute atomic E-state index is 0.134. The fourth-order valence-corrected chi connectivity index (χ4v) is 1.51. The molecule has 88 valence electrons. The second-order valence-electron chi connectivity index (χ2n) is 3.32. The molecule has 2 rings (SSSR count). The summed E-state index contributed by atoms with van der Waals surface area (Å²) in [7, 11) is 1.49. The number of rotatable bonds is 2. The molecule has 1 aromatic carbocycles. The van der Waals surface area contributed by atoms with Gasteiger partial charge in [-0.2, -0.15) is 0 Å². The van der Waals surface area contributed by atoms with Gasteiger partial charge in [0.05, 0.1) is 10.7 Å². The van der Waals surface area contributed by atoms with Gasteiger partial charge in [0.1, 0.15) is 0 Å². The molecule has 1 heterocycles. The summed E-state index contributed by atoms with van der Waals surface area (Å²) in [6.45, 7) is 0. The number of anilines is 1. The molecule has 0 atom stereocenters. The third kappa shape index (κ3) is 2.21. The van der Waals surface area contributed by atoms with Crippen molar-refractivity contribution < 1.29 is 14.0 Å². The molecule has 0 aliphatic rings. The number of hydrogen-bond donors (Lipinski definition) is 2. The van der Waals surface area contributed by atoms with Crippen molar-refractivity contribution in [1.29, 1.82) is 0 Å². The zero-order valence-electron chi connectivity index (χ0n) is 8.86. The molecule has 2 N–H and O–H groups in total. The van der Waals surface area contributed by atoms with Crippen LogP contribution in [0.15, 0.2) is 33.6 Å². The highest BCUT2D eigenvalue weighted by Crippen LogP contribution is 2.20. The Kier molecular flexibility index (Phi) is 2.97. The molecule has 0 bridgehead atoms. The van der Waals surface area contributed by atoms with Gasteiger partial charge in [0, 0.05) is 0 Å². The van der Waals surface area contributed by atoms with Crippen LogP contribution >= 0.6 is 11.6 Å². The summed E-state index contributed by atoms with van der Waals surface area (Å²) in [6.07, 6.45) is 0. The summed E-state index contributed by atoms with van der Waals surface area (Å²) in [6, 6.07) is 6.73. The van der Waals surface area contributed by atoms with Crippen molar-refractivity contribution in [2.75, 3.05) is 5.32 Å². The second kappa shape index (κ2) is 4.42. The summed E-state index contributed by atoms with van der Waals surface area (Å²) >= 11 is 5.88. The molecule has 0 aliphatic heterocycles. The number of nitrogens with one attached hydrogen (secondary N) is 2. The smallest absolute Gasteiger partial charge is 0.315 e. The highest BCUT2D eigenvalue weighted by molar-refractivity contribution is 6.33. The number of aromatic amines is 1. The molecule has 0 fully saturated rings. The van der Waals surface area contributed by atoms with E-state index in [0.29, 0.717) is 10.7 Å². The lowest BCUT2D eigenvalue weighted by atomic mass is 10.3. The van der Waals surface area contributed by atoms with Gasteiger partial charge in [-0.1, -0.05) is 28.4 Å². The van der Waals surface area contributed by atoms with Gasteiger partial charge in [0.15, 0.2) is 7.05 Å². The summed E-state index contributed by atoms with van der Waals surface area (Å²) in [4.78, 5) is 23.0. The van der Waals surface area contributed by atoms with Crippen molar-refractivity contribution >= 4 is 23.2 Å². The Bertz CT molecular complexity index is 617. The van der Waals surface area contributed by atoms with Gasteiger partial charge in [-0.05, 0) is 17.4 Å². The molecular formula is C10H9ClN3O3+. The predicted molar refractivity (Wildman–Crippen MR) is 59.9 cm³/mol. The van der Waals surface area contributed by atoms with Gasteiger partial charge in [-0.3, -0.25) is 9.32 Å². The van der Waals surface area contributed by atoms with Crippen molar-refractivity contribution in [1.82, 2.24) is 5.27 Å². The number of hydrogen-bond acceptors (Lipinski definition) is 3. The number of nitrogens with zero attached hydrogens (tertiary/aromatic N) is 1. The monoisotopic (exact) mass is 254 g/mol. The largest absolute Gasteiger partial charge is 0.440 e. The van der Waals surface area contributed by atoms with E-state index in [1.54, 1.807) is 24.3 Å². The molecule has 7 heteroatoms. The van der Waals surface area contributed by atoms with Crippen LogP contribution in [0.5, 0.6) is 0 Å². The van der Waals surface area contributed by atoms with Crippen molar-refractivity contribution in [3.63, 3.8) is 0 Å². The van der Waals surface area contributed by atoms with E-state index in [9.17, 15) is 9.59 Å². The molecule has 0 radical (unpaired) electrons.